The summed E-state index contributed by atoms with van der Waals surface area (Å²) in [6.07, 6.45) is 2.44. The maximum Gasteiger partial charge on any atom is 0.258 e. The summed E-state index contributed by atoms with van der Waals surface area (Å²) < 4.78 is 11.0. The maximum absolute atomic E-state index is 6.08. The quantitative estimate of drug-likeness (QED) is 0.906. The Labute approximate surface area is 118 Å². The molecule has 1 aromatic heterocycles. The minimum absolute atomic E-state index is 0.109. The molecule has 0 spiro atoms. The first-order valence-electron chi connectivity index (χ1n) is 7.00. The van der Waals surface area contributed by atoms with Gasteiger partial charge in [-0.25, -0.2) is 0 Å². The van der Waals surface area contributed by atoms with Gasteiger partial charge < -0.3 is 15.0 Å². The van der Waals surface area contributed by atoms with Crippen LogP contribution in [0.5, 0.6) is 5.75 Å². The summed E-state index contributed by atoms with van der Waals surface area (Å²) >= 11 is 0. The fourth-order valence-electron chi connectivity index (χ4n) is 2.13. The van der Waals surface area contributed by atoms with E-state index in [1.165, 1.54) is 0 Å². The molecule has 1 aromatic carbocycles. The lowest BCUT2D eigenvalue weighted by molar-refractivity contribution is 0.242. The van der Waals surface area contributed by atoms with Crippen LogP contribution in [0.1, 0.15) is 38.6 Å². The molecule has 1 saturated carbocycles. The van der Waals surface area contributed by atoms with Crippen LogP contribution in [-0.4, -0.2) is 16.2 Å². The lowest BCUT2D eigenvalue weighted by Gasteiger charge is -2.09. The van der Waals surface area contributed by atoms with Gasteiger partial charge in [0.15, 0.2) is 5.82 Å². The van der Waals surface area contributed by atoms with Gasteiger partial charge in [-0.15, -0.1) is 0 Å². The van der Waals surface area contributed by atoms with Crippen LogP contribution in [-0.2, 0) is 0 Å². The van der Waals surface area contributed by atoms with Gasteiger partial charge in [-0.2, -0.15) is 4.98 Å². The summed E-state index contributed by atoms with van der Waals surface area (Å²) in [7, 11) is 0. The zero-order chi connectivity index (χ0) is 14.1. The Morgan fingerprint density at radius 3 is 2.85 bits per heavy atom. The highest BCUT2D eigenvalue weighted by Gasteiger charge is 2.32. The SMILES string of the molecule is CC(C)Oc1cccc(-c2nc(C(N)C3CC3)no2)c1. The van der Waals surface area contributed by atoms with Crippen molar-refractivity contribution in [1.82, 2.24) is 10.1 Å². The Bertz CT molecular complexity index is 590. The van der Waals surface area contributed by atoms with Gasteiger partial charge in [0.2, 0.25) is 0 Å². The van der Waals surface area contributed by atoms with Crippen molar-refractivity contribution in [2.24, 2.45) is 11.7 Å². The van der Waals surface area contributed by atoms with Crippen LogP contribution < -0.4 is 10.5 Å². The molecule has 1 aliphatic rings. The molecule has 0 amide bonds. The van der Waals surface area contributed by atoms with Crippen molar-refractivity contribution >= 4 is 0 Å². The van der Waals surface area contributed by atoms with E-state index in [2.05, 4.69) is 10.1 Å². The fraction of sp³-hybridized carbons (Fsp3) is 0.467. The molecular weight excluding hydrogens is 254 g/mol. The molecule has 0 saturated heterocycles. The minimum Gasteiger partial charge on any atom is -0.491 e. The van der Waals surface area contributed by atoms with Crippen LogP contribution in [0, 0.1) is 5.92 Å². The van der Waals surface area contributed by atoms with Crippen molar-refractivity contribution in [1.29, 1.82) is 0 Å². The minimum atomic E-state index is -0.109. The summed E-state index contributed by atoms with van der Waals surface area (Å²) in [4.78, 5) is 4.40. The first-order valence-corrected chi connectivity index (χ1v) is 7.00. The molecule has 1 atom stereocenters. The van der Waals surface area contributed by atoms with E-state index in [9.17, 15) is 0 Å². The third-order valence-electron chi connectivity index (χ3n) is 3.32. The van der Waals surface area contributed by atoms with E-state index in [1.807, 2.05) is 38.1 Å². The van der Waals surface area contributed by atoms with Crippen molar-refractivity contribution in [3.05, 3.63) is 30.1 Å². The van der Waals surface area contributed by atoms with E-state index in [0.29, 0.717) is 17.6 Å². The van der Waals surface area contributed by atoms with E-state index in [4.69, 9.17) is 15.0 Å². The van der Waals surface area contributed by atoms with Gasteiger partial charge in [0.25, 0.3) is 5.89 Å². The first kappa shape index (κ1) is 13.1. The van der Waals surface area contributed by atoms with E-state index in [1.54, 1.807) is 0 Å². The van der Waals surface area contributed by atoms with Crippen LogP contribution in [0.4, 0.5) is 0 Å². The Morgan fingerprint density at radius 2 is 2.15 bits per heavy atom. The molecule has 1 aliphatic carbocycles. The number of hydrogen-bond acceptors (Lipinski definition) is 5. The van der Waals surface area contributed by atoms with Gasteiger partial charge in [-0.3, -0.25) is 0 Å². The van der Waals surface area contributed by atoms with E-state index in [0.717, 1.165) is 24.2 Å². The van der Waals surface area contributed by atoms with Crippen LogP contribution in [0.3, 0.4) is 0 Å². The average Bonchev–Trinajstić information content (AvgIpc) is 3.14. The second-order valence-corrected chi connectivity index (χ2v) is 5.52. The predicted molar refractivity (Wildman–Crippen MR) is 75.2 cm³/mol. The fourth-order valence-corrected chi connectivity index (χ4v) is 2.13. The van der Waals surface area contributed by atoms with Crippen LogP contribution in [0.25, 0.3) is 11.5 Å². The highest BCUT2D eigenvalue weighted by atomic mass is 16.5. The topological polar surface area (TPSA) is 74.2 Å². The Morgan fingerprint density at radius 1 is 1.35 bits per heavy atom. The molecule has 2 N–H and O–H groups in total. The van der Waals surface area contributed by atoms with Gasteiger partial charge in [0, 0.05) is 5.56 Å². The van der Waals surface area contributed by atoms with Gasteiger partial charge in [-0.05, 0) is 50.8 Å². The number of hydrogen-bond donors (Lipinski definition) is 1. The molecule has 1 unspecified atom stereocenters. The van der Waals surface area contributed by atoms with Crippen LogP contribution in [0.2, 0.25) is 0 Å². The molecule has 1 fully saturated rings. The van der Waals surface area contributed by atoms with Crippen molar-refractivity contribution < 1.29 is 9.26 Å². The highest BCUT2D eigenvalue weighted by molar-refractivity contribution is 5.55. The molecule has 0 bridgehead atoms. The normalized spacial score (nSPS) is 16.4. The standard InChI is InChI=1S/C15H19N3O2/c1-9(2)19-12-5-3-4-11(8-12)15-17-14(18-20-15)13(16)10-6-7-10/h3-5,8-10,13H,6-7,16H2,1-2H3. The van der Waals surface area contributed by atoms with E-state index in [-0.39, 0.29) is 12.1 Å². The summed E-state index contributed by atoms with van der Waals surface area (Å²) in [6, 6.07) is 7.55. The number of ether oxygens (including phenoxy) is 1. The summed E-state index contributed by atoms with van der Waals surface area (Å²) in [6.45, 7) is 3.98. The maximum atomic E-state index is 6.08. The third kappa shape index (κ3) is 2.82. The molecule has 2 aromatic rings. The second kappa shape index (κ2) is 5.25. The molecule has 5 nitrogen and oxygen atoms in total. The summed E-state index contributed by atoms with van der Waals surface area (Å²) in [5, 5.41) is 3.99. The van der Waals surface area contributed by atoms with Gasteiger partial charge in [-0.1, -0.05) is 11.2 Å². The zero-order valence-corrected chi connectivity index (χ0v) is 11.7. The molecule has 106 valence electrons. The molecular formula is C15H19N3O2. The molecule has 3 rings (SSSR count). The van der Waals surface area contributed by atoms with Gasteiger partial charge in [0.1, 0.15) is 5.75 Å². The van der Waals surface area contributed by atoms with Crippen LogP contribution >= 0.6 is 0 Å². The van der Waals surface area contributed by atoms with Crippen LogP contribution in [0.15, 0.2) is 28.8 Å². The molecule has 1 heterocycles. The number of benzene rings is 1. The van der Waals surface area contributed by atoms with E-state index >= 15 is 0 Å². The van der Waals surface area contributed by atoms with Gasteiger partial charge in [0.05, 0.1) is 12.1 Å². The van der Waals surface area contributed by atoms with Crippen molar-refractivity contribution in [2.75, 3.05) is 0 Å². The smallest absolute Gasteiger partial charge is 0.258 e. The largest absolute Gasteiger partial charge is 0.491 e. The Kier molecular flexibility index (Phi) is 3.44. The highest BCUT2D eigenvalue weighted by Crippen LogP contribution is 2.38. The summed E-state index contributed by atoms with van der Waals surface area (Å²) in [5.74, 6) is 2.39. The van der Waals surface area contributed by atoms with Crippen molar-refractivity contribution in [3.63, 3.8) is 0 Å². The number of nitrogens with two attached hydrogens (primary N) is 1. The third-order valence-corrected chi connectivity index (χ3v) is 3.32. The lowest BCUT2D eigenvalue weighted by atomic mass is 10.2. The van der Waals surface area contributed by atoms with Gasteiger partial charge >= 0.3 is 0 Å². The molecule has 5 heteroatoms. The molecule has 0 aliphatic heterocycles. The van der Waals surface area contributed by atoms with Crippen molar-refractivity contribution in [3.8, 4) is 17.2 Å². The first-order chi connectivity index (χ1) is 9.63. The second-order valence-electron chi connectivity index (χ2n) is 5.52. The Hall–Kier alpha value is -1.88. The molecule has 20 heavy (non-hydrogen) atoms. The number of aromatic nitrogens is 2. The number of rotatable bonds is 5. The lowest BCUT2D eigenvalue weighted by Crippen LogP contribution is -2.13. The van der Waals surface area contributed by atoms with E-state index < -0.39 is 0 Å². The van der Waals surface area contributed by atoms with Crippen molar-refractivity contribution in [2.45, 2.75) is 38.8 Å². The zero-order valence-electron chi connectivity index (χ0n) is 11.7. The summed E-state index contributed by atoms with van der Waals surface area (Å²) in [5.41, 5.74) is 6.93. The Balaban J connectivity index is 1.81. The monoisotopic (exact) mass is 273 g/mol. The molecule has 0 radical (unpaired) electrons. The predicted octanol–water partition coefficient (Wildman–Crippen LogP) is 2.93. The average molecular weight is 273 g/mol. The number of nitrogens with zero attached hydrogens (tertiary/aromatic N) is 2.